The molecule has 0 N–H and O–H groups in total. The highest BCUT2D eigenvalue weighted by Gasteiger charge is 2.02. The second-order valence-corrected chi connectivity index (χ2v) is 7.70. The summed E-state index contributed by atoms with van der Waals surface area (Å²) in [5.41, 5.74) is 0. The van der Waals surface area contributed by atoms with Gasteiger partial charge >= 0.3 is 0 Å². The molecular weight excluding hydrogens is 342 g/mol. The van der Waals surface area contributed by atoms with E-state index in [0.717, 1.165) is 16.2 Å². The SMILES string of the molecule is CN(CCCCCCCCCBr)Cc1ccc(Cl)s1. The van der Waals surface area contributed by atoms with E-state index in [1.807, 2.05) is 6.07 Å². The molecular formula is C15H25BrClNS. The molecule has 0 fully saturated rings. The number of unbranched alkanes of at least 4 members (excludes halogenated alkanes) is 6. The van der Waals surface area contributed by atoms with E-state index in [1.165, 1.54) is 56.4 Å². The van der Waals surface area contributed by atoms with E-state index >= 15 is 0 Å². The van der Waals surface area contributed by atoms with E-state index in [4.69, 9.17) is 11.6 Å². The third kappa shape index (κ3) is 9.06. The summed E-state index contributed by atoms with van der Waals surface area (Å²) in [7, 11) is 2.20. The summed E-state index contributed by atoms with van der Waals surface area (Å²) in [6.07, 6.45) is 9.57. The van der Waals surface area contributed by atoms with Crippen molar-refractivity contribution in [2.45, 2.75) is 51.5 Å². The topological polar surface area (TPSA) is 3.24 Å². The lowest BCUT2D eigenvalue weighted by molar-refractivity contribution is 0.319. The Hall–Kier alpha value is 0.430. The number of nitrogens with zero attached hydrogens (tertiary/aromatic N) is 1. The van der Waals surface area contributed by atoms with Crippen LogP contribution >= 0.6 is 38.9 Å². The summed E-state index contributed by atoms with van der Waals surface area (Å²) in [6.45, 7) is 2.22. The standard InChI is InChI=1S/C15H25BrClNS/c1-18(13-14-9-10-15(17)19-14)12-8-6-4-2-3-5-7-11-16/h9-10H,2-8,11-13H2,1H3. The number of hydrogen-bond donors (Lipinski definition) is 0. The second-order valence-electron chi connectivity index (χ2n) is 5.11. The van der Waals surface area contributed by atoms with Crippen molar-refractivity contribution in [3.05, 3.63) is 21.3 Å². The van der Waals surface area contributed by atoms with Gasteiger partial charge in [0.2, 0.25) is 0 Å². The van der Waals surface area contributed by atoms with Crippen LogP contribution in [-0.4, -0.2) is 23.8 Å². The van der Waals surface area contributed by atoms with Gasteiger partial charge in [-0.2, -0.15) is 0 Å². The summed E-state index contributed by atoms with van der Waals surface area (Å²) in [4.78, 5) is 3.76. The van der Waals surface area contributed by atoms with Gasteiger partial charge in [-0.05, 0) is 38.6 Å². The van der Waals surface area contributed by atoms with Crippen molar-refractivity contribution in [2.24, 2.45) is 0 Å². The quantitative estimate of drug-likeness (QED) is 0.345. The van der Waals surface area contributed by atoms with Crippen molar-refractivity contribution < 1.29 is 0 Å². The lowest BCUT2D eigenvalue weighted by atomic mass is 10.1. The molecule has 0 unspecified atom stereocenters. The third-order valence-corrected chi connectivity index (χ3v) is 5.00. The minimum Gasteiger partial charge on any atom is -0.301 e. The zero-order chi connectivity index (χ0) is 13.9. The monoisotopic (exact) mass is 365 g/mol. The number of hydrogen-bond acceptors (Lipinski definition) is 2. The highest BCUT2D eigenvalue weighted by molar-refractivity contribution is 9.09. The van der Waals surface area contributed by atoms with Crippen LogP contribution in [0.4, 0.5) is 0 Å². The summed E-state index contributed by atoms with van der Waals surface area (Å²) < 4.78 is 0.895. The Morgan fingerprint density at radius 2 is 1.68 bits per heavy atom. The lowest BCUT2D eigenvalue weighted by Crippen LogP contribution is -2.18. The molecule has 19 heavy (non-hydrogen) atoms. The van der Waals surface area contributed by atoms with Crippen molar-refractivity contribution in [1.82, 2.24) is 4.90 Å². The summed E-state index contributed by atoms with van der Waals surface area (Å²) in [5.74, 6) is 0. The van der Waals surface area contributed by atoms with Crippen LogP contribution in [0.5, 0.6) is 0 Å². The van der Waals surface area contributed by atoms with Gasteiger partial charge in [0.25, 0.3) is 0 Å². The van der Waals surface area contributed by atoms with Crippen LogP contribution in [0.25, 0.3) is 0 Å². The molecule has 1 rings (SSSR count). The van der Waals surface area contributed by atoms with Crippen LogP contribution in [0.1, 0.15) is 49.8 Å². The van der Waals surface area contributed by atoms with Crippen LogP contribution < -0.4 is 0 Å². The number of thiophene rings is 1. The van der Waals surface area contributed by atoms with Gasteiger partial charge in [0.15, 0.2) is 0 Å². The van der Waals surface area contributed by atoms with E-state index in [-0.39, 0.29) is 0 Å². The summed E-state index contributed by atoms with van der Waals surface area (Å²) in [5, 5.41) is 1.16. The normalized spacial score (nSPS) is 11.4. The average Bonchev–Trinajstić information content (AvgIpc) is 2.78. The number of halogens is 2. The van der Waals surface area contributed by atoms with Crippen molar-refractivity contribution in [1.29, 1.82) is 0 Å². The van der Waals surface area contributed by atoms with Crippen molar-refractivity contribution in [2.75, 3.05) is 18.9 Å². The van der Waals surface area contributed by atoms with E-state index in [1.54, 1.807) is 11.3 Å². The van der Waals surface area contributed by atoms with Gasteiger partial charge in [0.05, 0.1) is 4.34 Å². The first kappa shape index (κ1) is 17.5. The third-order valence-electron chi connectivity index (χ3n) is 3.23. The number of alkyl halides is 1. The molecule has 0 saturated heterocycles. The van der Waals surface area contributed by atoms with Gasteiger partial charge in [-0.1, -0.05) is 59.6 Å². The fourth-order valence-electron chi connectivity index (χ4n) is 2.14. The molecule has 4 heteroatoms. The smallest absolute Gasteiger partial charge is 0.0931 e. The molecule has 1 heterocycles. The molecule has 0 spiro atoms. The molecule has 1 aromatic heterocycles. The molecule has 110 valence electrons. The van der Waals surface area contributed by atoms with Gasteiger partial charge in [-0.25, -0.2) is 0 Å². The van der Waals surface area contributed by atoms with Crippen LogP contribution in [-0.2, 0) is 6.54 Å². The van der Waals surface area contributed by atoms with E-state index in [2.05, 4.69) is 33.9 Å². The molecule has 0 saturated carbocycles. The Morgan fingerprint density at radius 3 is 2.26 bits per heavy atom. The molecule has 0 amide bonds. The Labute approximate surface area is 135 Å². The van der Waals surface area contributed by atoms with Crippen LogP contribution in [0.3, 0.4) is 0 Å². The fraction of sp³-hybridized carbons (Fsp3) is 0.733. The maximum atomic E-state index is 5.94. The summed E-state index contributed by atoms with van der Waals surface area (Å²) >= 11 is 11.1. The Balaban J connectivity index is 1.94. The zero-order valence-corrected chi connectivity index (χ0v) is 15.0. The number of rotatable bonds is 11. The summed E-state index contributed by atoms with van der Waals surface area (Å²) in [6, 6.07) is 4.12. The minimum atomic E-state index is 0.895. The van der Waals surface area contributed by atoms with E-state index in [0.29, 0.717) is 0 Å². The van der Waals surface area contributed by atoms with Gasteiger partial charge in [0.1, 0.15) is 0 Å². The first-order chi connectivity index (χ1) is 9.22. The molecule has 1 nitrogen and oxygen atoms in total. The first-order valence-corrected chi connectivity index (χ1v) is 9.52. The largest absolute Gasteiger partial charge is 0.301 e. The zero-order valence-electron chi connectivity index (χ0n) is 11.8. The van der Waals surface area contributed by atoms with Crippen molar-refractivity contribution >= 4 is 38.9 Å². The molecule has 0 aromatic carbocycles. The Bertz CT molecular complexity index is 330. The van der Waals surface area contributed by atoms with Crippen LogP contribution in [0.15, 0.2) is 12.1 Å². The van der Waals surface area contributed by atoms with Gasteiger partial charge in [-0.3, -0.25) is 0 Å². The van der Waals surface area contributed by atoms with Gasteiger partial charge in [-0.15, -0.1) is 11.3 Å². The molecule has 0 aliphatic rings. The van der Waals surface area contributed by atoms with Crippen LogP contribution in [0.2, 0.25) is 4.34 Å². The maximum Gasteiger partial charge on any atom is 0.0931 e. The van der Waals surface area contributed by atoms with Gasteiger partial charge < -0.3 is 4.90 Å². The predicted molar refractivity (Wildman–Crippen MR) is 91.8 cm³/mol. The van der Waals surface area contributed by atoms with E-state index < -0.39 is 0 Å². The maximum absolute atomic E-state index is 5.94. The first-order valence-electron chi connectivity index (χ1n) is 7.21. The highest BCUT2D eigenvalue weighted by atomic mass is 79.9. The van der Waals surface area contributed by atoms with Crippen LogP contribution in [0, 0.1) is 0 Å². The molecule has 0 aliphatic carbocycles. The molecule has 0 bridgehead atoms. The van der Waals surface area contributed by atoms with E-state index in [9.17, 15) is 0 Å². The second kappa shape index (κ2) is 11.1. The van der Waals surface area contributed by atoms with Gasteiger partial charge in [0, 0.05) is 16.8 Å². The van der Waals surface area contributed by atoms with Crippen molar-refractivity contribution in [3.63, 3.8) is 0 Å². The molecule has 1 aromatic rings. The Morgan fingerprint density at radius 1 is 1.05 bits per heavy atom. The highest BCUT2D eigenvalue weighted by Crippen LogP contribution is 2.22. The predicted octanol–water partition coefficient (Wildman–Crippen LogP) is 5.96. The minimum absolute atomic E-state index is 0.895. The molecule has 0 radical (unpaired) electrons. The lowest BCUT2D eigenvalue weighted by Gasteiger charge is -2.15. The molecule has 0 aliphatic heterocycles. The fourth-order valence-corrected chi connectivity index (χ4v) is 3.71. The van der Waals surface area contributed by atoms with Crippen molar-refractivity contribution in [3.8, 4) is 0 Å². The average molecular weight is 367 g/mol. The molecule has 0 atom stereocenters. The Kier molecular flexibility index (Phi) is 10.2.